The molecule has 4 fully saturated rings. The first-order chi connectivity index (χ1) is 13.2. The smallest absolute Gasteiger partial charge is 0.251 e. The Hall–Kier alpha value is -2.41. The molecule has 3 unspecified atom stereocenters. The summed E-state index contributed by atoms with van der Waals surface area (Å²) in [6.07, 6.45) is 11.1. The van der Waals surface area contributed by atoms with Gasteiger partial charge in [-0.2, -0.15) is 0 Å². The fraction of sp³-hybridized carbons (Fsp3) is 0.550. The number of anilines is 1. The fourth-order valence-corrected chi connectivity index (χ4v) is 6.40. The number of aromatic amines is 1. The lowest BCUT2D eigenvalue weighted by molar-refractivity contribution is -0.0868. The Morgan fingerprint density at radius 1 is 1.26 bits per heavy atom. The fourth-order valence-electron chi connectivity index (χ4n) is 6.40. The third-order valence-corrected chi connectivity index (χ3v) is 7.22. The van der Waals surface area contributed by atoms with E-state index in [1.807, 2.05) is 6.20 Å². The van der Waals surface area contributed by atoms with Crippen LogP contribution in [0.1, 0.15) is 32.1 Å². The summed E-state index contributed by atoms with van der Waals surface area (Å²) >= 11 is 0. The zero-order valence-corrected chi connectivity index (χ0v) is 15.1. The van der Waals surface area contributed by atoms with Gasteiger partial charge in [0.1, 0.15) is 5.65 Å². The number of aliphatic hydroxyl groups excluding tert-OH is 1. The molecule has 7 heteroatoms. The number of nitrogens with zero attached hydrogens (tertiary/aromatic N) is 3. The van der Waals surface area contributed by atoms with E-state index < -0.39 is 0 Å². The molecule has 3 aromatic rings. The zero-order chi connectivity index (χ0) is 18.0. The highest BCUT2D eigenvalue weighted by Crippen LogP contribution is 2.60. The lowest BCUT2D eigenvalue weighted by Gasteiger charge is -2.60. The molecule has 140 valence electrons. The molecule has 5 atom stereocenters. The Labute approximate surface area is 156 Å². The average molecular weight is 365 g/mol. The van der Waals surface area contributed by atoms with Crippen molar-refractivity contribution in [3.8, 4) is 11.5 Å². The van der Waals surface area contributed by atoms with Gasteiger partial charge in [-0.15, -0.1) is 10.2 Å². The van der Waals surface area contributed by atoms with Crippen molar-refractivity contribution >= 4 is 16.7 Å². The first-order valence-corrected chi connectivity index (χ1v) is 9.85. The van der Waals surface area contributed by atoms with E-state index >= 15 is 0 Å². The molecular formula is C20H23N5O2. The normalized spacial score (nSPS) is 34.4. The monoisotopic (exact) mass is 365 g/mol. The summed E-state index contributed by atoms with van der Waals surface area (Å²) in [5.74, 6) is 2.50. The van der Waals surface area contributed by atoms with E-state index in [1.54, 1.807) is 6.20 Å². The topological polar surface area (TPSA) is 99.9 Å². The molecule has 7 nitrogen and oxygen atoms in total. The van der Waals surface area contributed by atoms with Crippen molar-refractivity contribution in [2.45, 2.75) is 38.1 Å². The summed E-state index contributed by atoms with van der Waals surface area (Å²) in [7, 11) is 0. The number of fused-ring (bicyclic) bond motifs is 1. The van der Waals surface area contributed by atoms with Gasteiger partial charge in [-0.1, -0.05) is 0 Å². The van der Waals surface area contributed by atoms with E-state index in [-0.39, 0.29) is 5.41 Å². The minimum Gasteiger partial charge on any atom is -0.423 e. The predicted octanol–water partition coefficient (Wildman–Crippen LogP) is 3.21. The number of pyridine rings is 1. The Bertz CT molecular complexity index is 966. The number of hydrogen-bond donors (Lipinski definition) is 3. The van der Waals surface area contributed by atoms with Crippen LogP contribution in [0.3, 0.4) is 0 Å². The third kappa shape index (κ3) is 2.27. The molecule has 0 saturated heterocycles. The largest absolute Gasteiger partial charge is 0.423 e. The molecule has 4 bridgehead atoms. The number of aliphatic hydroxyl groups is 1. The van der Waals surface area contributed by atoms with E-state index in [0.717, 1.165) is 41.0 Å². The van der Waals surface area contributed by atoms with Crippen LogP contribution >= 0.6 is 0 Å². The van der Waals surface area contributed by atoms with Crippen LogP contribution < -0.4 is 5.32 Å². The van der Waals surface area contributed by atoms with Gasteiger partial charge in [0.15, 0.2) is 0 Å². The van der Waals surface area contributed by atoms with Crippen molar-refractivity contribution in [3.05, 3.63) is 24.9 Å². The molecular weight excluding hydrogens is 342 g/mol. The van der Waals surface area contributed by atoms with Crippen molar-refractivity contribution < 1.29 is 9.52 Å². The van der Waals surface area contributed by atoms with Crippen LogP contribution in [0.25, 0.3) is 22.5 Å². The van der Waals surface area contributed by atoms with E-state index in [0.29, 0.717) is 30.4 Å². The molecule has 3 heterocycles. The summed E-state index contributed by atoms with van der Waals surface area (Å²) < 4.78 is 5.48. The summed E-state index contributed by atoms with van der Waals surface area (Å²) in [4.78, 5) is 7.71. The van der Waals surface area contributed by atoms with Crippen LogP contribution in [-0.2, 0) is 0 Å². The maximum atomic E-state index is 10.0. The molecule has 3 aromatic heterocycles. The Balaban J connectivity index is 1.41. The SMILES string of the molecule is OCC12CC3C[C@H](C1)C(Nc1c(-c4nnco4)cnc4[nH]ccc14)[C@@H](C3)C2. The van der Waals surface area contributed by atoms with Crippen LogP contribution in [0.5, 0.6) is 0 Å². The Morgan fingerprint density at radius 2 is 2.11 bits per heavy atom. The van der Waals surface area contributed by atoms with E-state index in [4.69, 9.17) is 4.42 Å². The highest BCUT2D eigenvalue weighted by molar-refractivity contribution is 5.97. The van der Waals surface area contributed by atoms with Gasteiger partial charge in [0.2, 0.25) is 6.39 Å². The highest BCUT2D eigenvalue weighted by Gasteiger charge is 2.55. The zero-order valence-electron chi connectivity index (χ0n) is 15.1. The predicted molar refractivity (Wildman–Crippen MR) is 99.9 cm³/mol. The summed E-state index contributed by atoms with van der Waals surface area (Å²) in [6, 6.07) is 2.47. The molecule has 4 saturated carbocycles. The van der Waals surface area contributed by atoms with Gasteiger partial charge in [-0.3, -0.25) is 0 Å². The van der Waals surface area contributed by atoms with E-state index in [2.05, 4.69) is 31.5 Å². The molecule has 3 N–H and O–H groups in total. The van der Waals surface area contributed by atoms with E-state index in [1.165, 1.54) is 25.7 Å². The molecule has 27 heavy (non-hydrogen) atoms. The second kappa shape index (κ2) is 5.55. The second-order valence-corrected chi connectivity index (χ2v) is 8.83. The minimum atomic E-state index is 0.172. The standard InChI is InChI=1S/C20H23N5O2/c26-9-20-5-11-3-12(6-20)16(13(4-11)7-20)24-17-14-1-2-21-18(14)22-8-15(17)19-25-23-10-27-19/h1-2,8,10-13,16,26H,3-7,9H2,(H2,21,22,24)/t11?,12-,13+,16?,20?. The van der Waals surface area contributed by atoms with Gasteiger partial charge < -0.3 is 19.8 Å². The van der Waals surface area contributed by atoms with E-state index in [9.17, 15) is 5.11 Å². The first kappa shape index (κ1) is 15.6. The molecule has 0 amide bonds. The quantitative estimate of drug-likeness (QED) is 0.656. The van der Waals surface area contributed by atoms with Crippen molar-refractivity contribution in [2.75, 3.05) is 11.9 Å². The number of aromatic nitrogens is 4. The second-order valence-electron chi connectivity index (χ2n) is 8.83. The van der Waals surface area contributed by atoms with Crippen molar-refractivity contribution in [1.29, 1.82) is 0 Å². The molecule has 0 aliphatic heterocycles. The summed E-state index contributed by atoms with van der Waals surface area (Å²) in [5.41, 5.74) is 2.91. The molecule has 0 spiro atoms. The van der Waals surface area contributed by atoms with Crippen molar-refractivity contribution in [1.82, 2.24) is 20.2 Å². The van der Waals surface area contributed by atoms with Crippen LogP contribution in [0.4, 0.5) is 5.69 Å². The average Bonchev–Trinajstić information content (AvgIpc) is 3.35. The number of nitrogens with one attached hydrogen (secondary N) is 2. The molecule has 0 radical (unpaired) electrons. The maximum Gasteiger partial charge on any atom is 0.251 e. The Morgan fingerprint density at radius 3 is 2.85 bits per heavy atom. The maximum absolute atomic E-state index is 10.0. The molecule has 4 aliphatic rings. The van der Waals surface area contributed by atoms with Crippen molar-refractivity contribution in [2.24, 2.45) is 23.2 Å². The third-order valence-electron chi connectivity index (χ3n) is 7.22. The summed E-state index contributed by atoms with van der Waals surface area (Å²) in [6.45, 7) is 0.341. The number of hydrogen-bond acceptors (Lipinski definition) is 6. The molecule has 4 aliphatic carbocycles. The highest BCUT2D eigenvalue weighted by atomic mass is 16.4. The Kier molecular flexibility index (Phi) is 3.21. The minimum absolute atomic E-state index is 0.172. The van der Waals surface area contributed by atoms with Crippen LogP contribution in [0.15, 0.2) is 29.3 Å². The van der Waals surface area contributed by atoms with Crippen molar-refractivity contribution in [3.63, 3.8) is 0 Å². The van der Waals surface area contributed by atoms with Crippen LogP contribution in [0, 0.1) is 23.2 Å². The molecule has 7 rings (SSSR count). The van der Waals surface area contributed by atoms with Gasteiger partial charge in [0.25, 0.3) is 5.89 Å². The van der Waals surface area contributed by atoms with Gasteiger partial charge in [0, 0.05) is 30.4 Å². The lowest BCUT2D eigenvalue weighted by atomic mass is 9.48. The number of H-pyrrole nitrogens is 1. The van der Waals surface area contributed by atoms with Gasteiger partial charge in [-0.05, 0) is 61.3 Å². The lowest BCUT2D eigenvalue weighted by Crippen LogP contribution is -2.57. The van der Waals surface area contributed by atoms with Gasteiger partial charge in [-0.25, -0.2) is 4.98 Å². The van der Waals surface area contributed by atoms with Gasteiger partial charge in [0.05, 0.1) is 11.3 Å². The molecule has 0 aromatic carbocycles. The number of rotatable bonds is 4. The summed E-state index contributed by atoms with van der Waals surface area (Å²) in [5, 5.41) is 22.9. The van der Waals surface area contributed by atoms with Crippen LogP contribution in [-0.4, -0.2) is 37.9 Å². The van der Waals surface area contributed by atoms with Gasteiger partial charge >= 0.3 is 0 Å². The van der Waals surface area contributed by atoms with Crippen LogP contribution in [0.2, 0.25) is 0 Å². The first-order valence-electron chi connectivity index (χ1n) is 9.85.